The van der Waals surface area contributed by atoms with Gasteiger partial charge in [-0.15, -0.1) is 0 Å². The minimum absolute atomic E-state index is 0.0157. The van der Waals surface area contributed by atoms with E-state index < -0.39 is 17.2 Å². The van der Waals surface area contributed by atoms with Gasteiger partial charge in [0.2, 0.25) is 0 Å². The van der Waals surface area contributed by atoms with Crippen molar-refractivity contribution in [3.8, 4) is 5.75 Å². The van der Waals surface area contributed by atoms with Crippen LogP contribution >= 0.6 is 0 Å². The Kier molecular flexibility index (Phi) is 5.69. The standard InChI is InChI=1S/C24H25N3O5/c1-25-20(13-21(28)26(2)24(25)31)23(30)27-10-4-5-18(14-27)22(29)17-7-6-16-12-19(32-3)9-8-15(16)11-17/h6-9,11-13,18H,4-5,10,14H2,1-3H3/t18-/m0/s1. The Morgan fingerprint density at radius 1 is 0.969 bits per heavy atom. The smallest absolute Gasteiger partial charge is 0.331 e. The SMILES string of the molecule is COc1ccc2cc(C(=O)[C@H]3CCCN(C(=O)c4cc(=O)n(C)c(=O)n4C)C3)ccc2c1. The normalized spacial score (nSPS) is 16.2. The van der Waals surface area contributed by atoms with Crippen LogP contribution in [0.3, 0.4) is 0 Å². The summed E-state index contributed by atoms with van der Waals surface area (Å²) in [7, 11) is 4.44. The van der Waals surface area contributed by atoms with Gasteiger partial charge in [-0.05, 0) is 41.8 Å². The minimum atomic E-state index is -0.557. The van der Waals surface area contributed by atoms with E-state index in [4.69, 9.17) is 4.74 Å². The summed E-state index contributed by atoms with van der Waals surface area (Å²) in [6.45, 7) is 0.727. The lowest BCUT2D eigenvalue weighted by atomic mass is 9.89. The molecule has 1 aliphatic rings. The fourth-order valence-electron chi connectivity index (χ4n) is 4.22. The molecular formula is C24H25N3O5. The van der Waals surface area contributed by atoms with Crippen LogP contribution in [0.1, 0.15) is 33.7 Å². The van der Waals surface area contributed by atoms with Gasteiger partial charge >= 0.3 is 5.69 Å². The number of piperidine rings is 1. The number of carbonyl (C=O) groups excluding carboxylic acids is 2. The summed E-state index contributed by atoms with van der Waals surface area (Å²) >= 11 is 0. The van der Waals surface area contributed by atoms with Crippen LogP contribution in [0, 0.1) is 5.92 Å². The molecule has 0 N–H and O–H groups in total. The number of hydrogen-bond donors (Lipinski definition) is 0. The monoisotopic (exact) mass is 435 g/mol. The summed E-state index contributed by atoms with van der Waals surface area (Å²) in [5, 5.41) is 1.92. The number of ether oxygens (including phenoxy) is 1. The van der Waals surface area contributed by atoms with Gasteiger partial charge in [-0.1, -0.05) is 18.2 Å². The van der Waals surface area contributed by atoms with Crippen LogP contribution in [-0.2, 0) is 14.1 Å². The Morgan fingerprint density at radius 3 is 2.44 bits per heavy atom. The van der Waals surface area contributed by atoms with E-state index in [9.17, 15) is 19.2 Å². The number of ketones is 1. The second-order valence-electron chi connectivity index (χ2n) is 8.15. The molecule has 2 heterocycles. The lowest BCUT2D eigenvalue weighted by molar-refractivity contribution is 0.0627. The molecule has 0 radical (unpaired) electrons. The Balaban J connectivity index is 1.57. The van der Waals surface area contributed by atoms with Gasteiger partial charge in [-0.25, -0.2) is 4.79 Å². The number of benzene rings is 2. The molecule has 1 amide bonds. The number of likely N-dealkylation sites (tertiary alicyclic amines) is 1. The Bertz CT molecular complexity index is 1340. The van der Waals surface area contributed by atoms with Crippen LogP contribution in [0.4, 0.5) is 0 Å². The first-order valence-corrected chi connectivity index (χ1v) is 10.5. The highest BCUT2D eigenvalue weighted by Gasteiger charge is 2.30. The Labute approximate surface area is 184 Å². The molecule has 1 aliphatic heterocycles. The first-order valence-electron chi connectivity index (χ1n) is 10.5. The summed E-state index contributed by atoms with van der Waals surface area (Å²) in [6.07, 6.45) is 1.35. The summed E-state index contributed by atoms with van der Waals surface area (Å²) in [4.78, 5) is 52.1. The van der Waals surface area contributed by atoms with E-state index in [0.29, 0.717) is 24.9 Å². The van der Waals surface area contributed by atoms with E-state index in [1.165, 1.54) is 24.7 Å². The summed E-state index contributed by atoms with van der Waals surface area (Å²) < 4.78 is 7.38. The van der Waals surface area contributed by atoms with Crippen LogP contribution in [0.5, 0.6) is 5.75 Å². The van der Waals surface area contributed by atoms with Gasteiger partial charge in [0.05, 0.1) is 7.11 Å². The molecule has 1 atom stereocenters. The molecule has 0 aliphatic carbocycles. The molecule has 1 fully saturated rings. The number of fused-ring (bicyclic) bond motifs is 1. The third-order valence-electron chi connectivity index (χ3n) is 6.16. The number of aromatic nitrogens is 2. The molecule has 4 rings (SSSR count). The topological polar surface area (TPSA) is 90.6 Å². The Morgan fingerprint density at radius 2 is 1.69 bits per heavy atom. The van der Waals surface area contributed by atoms with E-state index >= 15 is 0 Å². The van der Waals surface area contributed by atoms with Crippen molar-refractivity contribution >= 4 is 22.5 Å². The lowest BCUT2D eigenvalue weighted by Crippen LogP contribution is -2.46. The van der Waals surface area contributed by atoms with Gasteiger partial charge < -0.3 is 9.64 Å². The van der Waals surface area contributed by atoms with Gasteiger partial charge in [0.25, 0.3) is 11.5 Å². The van der Waals surface area contributed by atoms with E-state index in [-0.39, 0.29) is 23.9 Å². The highest BCUT2D eigenvalue weighted by atomic mass is 16.5. The van der Waals surface area contributed by atoms with Gasteiger partial charge in [-0.3, -0.25) is 23.5 Å². The fourth-order valence-corrected chi connectivity index (χ4v) is 4.22. The van der Waals surface area contributed by atoms with Crippen LogP contribution < -0.4 is 16.0 Å². The van der Waals surface area contributed by atoms with Gasteiger partial charge in [-0.2, -0.15) is 0 Å². The maximum Gasteiger partial charge on any atom is 0.331 e. The van der Waals surface area contributed by atoms with Crippen LogP contribution in [0.2, 0.25) is 0 Å². The highest BCUT2D eigenvalue weighted by Crippen LogP contribution is 2.26. The van der Waals surface area contributed by atoms with E-state index in [0.717, 1.165) is 21.1 Å². The highest BCUT2D eigenvalue weighted by molar-refractivity contribution is 6.02. The molecule has 166 valence electrons. The number of Topliss-reactive ketones (excluding diaryl/α,β-unsaturated/α-hetero) is 1. The molecule has 32 heavy (non-hydrogen) atoms. The molecule has 3 aromatic rings. The summed E-state index contributed by atoms with van der Waals surface area (Å²) in [5.74, 6) is -0.0152. The van der Waals surface area contributed by atoms with E-state index in [2.05, 4.69) is 0 Å². The number of amides is 1. The van der Waals surface area contributed by atoms with Crippen molar-refractivity contribution in [2.24, 2.45) is 20.0 Å². The van der Waals surface area contributed by atoms with Crippen molar-refractivity contribution in [3.05, 3.63) is 74.6 Å². The quantitative estimate of drug-likeness (QED) is 0.585. The van der Waals surface area contributed by atoms with Crippen LogP contribution in [0.25, 0.3) is 10.8 Å². The molecule has 0 saturated carbocycles. The van der Waals surface area contributed by atoms with Crippen LogP contribution in [-0.4, -0.2) is 45.9 Å². The van der Waals surface area contributed by atoms with Gasteiger partial charge in [0.1, 0.15) is 11.4 Å². The molecule has 2 aromatic carbocycles. The van der Waals surface area contributed by atoms with E-state index in [1.807, 2.05) is 30.3 Å². The maximum atomic E-state index is 13.2. The lowest BCUT2D eigenvalue weighted by Gasteiger charge is -2.32. The zero-order chi connectivity index (χ0) is 23.0. The van der Waals surface area contributed by atoms with Crippen molar-refractivity contribution in [1.29, 1.82) is 0 Å². The molecular weight excluding hydrogens is 410 g/mol. The Hall–Kier alpha value is -3.68. The number of hydrogen-bond acceptors (Lipinski definition) is 5. The zero-order valence-electron chi connectivity index (χ0n) is 18.3. The third-order valence-corrected chi connectivity index (χ3v) is 6.16. The zero-order valence-corrected chi connectivity index (χ0v) is 18.3. The first-order chi connectivity index (χ1) is 15.3. The molecule has 1 aromatic heterocycles. The van der Waals surface area contributed by atoms with Crippen molar-refractivity contribution in [3.63, 3.8) is 0 Å². The largest absolute Gasteiger partial charge is 0.497 e. The number of methoxy groups -OCH3 is 1. The molecule has 1 saturated heterocycles. The maximum absolute atomic E-state index is 13.2. The van der Waals surface area contributed by atoms with E-state index in [1.54, 1.807) is 18.1 Å². The van der Waals surface area contributed by atoms with Crippen molar-refractivity contribution < 1.29 is 14.3 Å². The second-order valence-corrected chi connectivity index (χ2v) is 8.15. The summed E-state index contributed by atoms with van der Waals surface area (Å²) in [5.41, 5.74) is -0.457. The predicted octanol–water partition coefficient (Wildman–Crippen LogP) is 1.98. The van der Waals surface area contributed by atoms with Crippen LogP contribution in [0.15, 0.2) is 52.1 Å². The predicted molar refractivity (Wildman–Crippen MR) is 120 cm³/mol. The molecule has 8 nitrogen and oxygen atoms in total. The number of nitrogens with zero attached hydrogens (tertiary/aromatic N) is 3. The van der Waals surface area contributed by atoms with Crippen molar-refractivity contribution in [1.82, 2.24) is 14.0 Å². The number of carbonyl (C=O) groups is 2. The molecule has 8 heteroatoms. The first kappa shape index (κ1) is 21.5. The van der Waals surface area contributed by atoms with Gasteiger partial charge in [0.15, 0.2) is 5.78 Å². The molecule has 0 spiro atoms. The number of rotatable bonds is 4. The second kappa shape index (κ2) is 8.45. The molecule has 0 unspecified atom stereocenters. The average molecular weight is 435 g/mol. The summed E-state index contributed by atoms with van der Waals surface area (Å²) in [6, 6.07) is 12.4. The minimum Gasteiger partial charge on any atom is -0.497 e. The average Bonchev–Trinajstić information content (AvgIpc) is 2.83. The molecule has 0 bridgehead atoms. The van der Waals surface area contributed by atoms with Crippen molar-refractivity contribution in [2.75, 3.05) is 20.2 Å². The fraction of sp³-hybridized carbons (Fsp3) is 0.333. The third kappa shape index (κ3) is 3.84. The van der Waals surface area contributed by atoms with Crippen molar-refractivity contribution in [2.45, 2.75) is 12.8 Å². The van der Waals surface area contributed by atoms with Gasteiger partial charge in [0, 0.05) is 44.7 Å².